The van der Waals surface area contributed by atoms with Gasteiger partial charge in [-0.05, 0) is 49.2 Å². The molecule has 7 heteroatoms. The first-order chi connectivity index (χ1) is 14.5. The van der Waals surface area contributed by atoms with E-state index in [1.165, 1.54) is 5.54 Å². The maximum atomic E-state index is 10.6. The van der Waals surface area contributed by atoms with Crippen LogP contribution in [-0.4, -0.2) is 27.5 Å². The van der Waals surface area contributed by atoms with Crippen LogP contribution >= 0.6 is 23.4 Å². The van der Waals surface area contributed by atoms with Gasteiger partial charge in [0.05, 0.1) is 17.8 Å². The number of halogens is 1. The van der Waals surface area contributed by atoms with E-state index in [-0.39, 0.29) is 6.61 Å². The van der Waals surface area contributed by atoms with E-state index in [1.54, 1.807) is 17.8 Å². The summed E-state index contributed by atoms with van der Waals surface area (Å²) in [4.78, 5) is 11.7. The Balaban J connectivity index is 0.000000735. The molecule has 0 saturated carbocycles. The van der Waals surface area contributed by atoms with Crippen molar-refractivity contribution in [3.63, 3.8) is 0 Å². The van der Waals surface area contributed by atoms with Gasteiger partial charge in [0.2, 0.25) is 0 Å². The van der Waals surface area contributed by atoms with Crippen LogP contribution in [0.4, 0.5) is 0 Å². The van der Waals surface area contributed by atoms with Gasteiger partial charge in [-0.15, -0.1) is 18.3 Å². The van der Waals surface area contributed by atoms with Crippen molar-refractivity contribution in [1.29, 1.82) is 0 Å². The molecule has 0 radical (unpaired) electrons. The number of carboxylic acid groups (broad SMARTS) is 1. The molecule has 158 valence electrons. The zero-order valence-corrected chi connectivity index (χ0v) is 18.6. The Hall–Kier alpha value is -2.70. The summed E-state index contributed by atoms with van der Waals surface area (Å²) in [7, 11) is 0. The second kappa shape index (κ2) is 12.1. The van der Waals surface area contributed by atoms with Crippen LogP contribution in [0.25, 0.3) is 10.9 Å². The Kier molecular flexibility index (Phi) is 9.51. The van der Waals surface area contributed by atoms with Gasteiger partial charge >= 0.3 is 5.97 Å². The van der Waals surface area contributed by atoms with Crippen molar-refractivity contribution in [1.82, 2.24) is 9.78 Å². The quantitative estimate of drug-likeness (QED) is 0.338. The first kappa shape index (κ1) is 23.6. The minimum atomic E-state index is -0.982. The molecule has 0 amide bonds. The number of ether oxygens (including phenoxy) is 1. The lowest BCUT2D eigenvalue weighted by Gasteiger charge is -2.08. The number of fused-ring (bicyclic) bond motifs is 1. The number of nitrogens with zero attached hydrogens (tertiary/aromatic N) is 2. The molecular weight excluding hydrogens is 420 g/mol. The third-order valence-electron chi connectivity index (χ3n) is 4.04. The van der Waals surface area contributed by atoms with E-state index in [1.807, 2.05) is 54.9 Å². The number of benzene rings is 2. The number of para-hydroxylation sites is 1. The van der Waals surface area contributed by atoms with Crippen LogP contribution in [0.1, 0.15) is 18.2 Å². The highest BCUT2D eigenvalue weighted by Gasteiger charge is 2.10. The Morgan fingerprint density at radius 3 is 2.70 bits per heavy atom. The molecule has 2 aromatic carbocycles. The lowest BCUT2D eigenvalue weighted by molar-refractivity contribution is -0.139. The molecule has 0 spiro atoms. The molecule has 0 aliphatic rings. The third kappa shape index (κ3) is 6.68. The summed E-state index contributed by atoms with van der Waals surface area (Å²) < 4.78 is 7.23. The van der Waals surface area contributed by atoms with Crippen molar-refractivity contribution in [2.24, 2.45) is 0 Å². The van der Waals surface area contributed by atoms with Crippen LogP contribution in [0.2, 0.25) is 0 Å². The summed E-state index contributed by atoms with van der Waals surface area (Å²) in [5.41, 5.74) is 4.53. The maximum absolute atomic E-state index is 10.6. The predicted molar refractivity (Wildman–Crippen MR) is 124 cm³/mol. The zero-order valence-electron chi connectivity index (χ0n) is 17.0. The number of allylic oxidation sites excluding steroid dienone is 2. The first-order valence-electron chi connectivity index (χ1n) is 9.34. The average Bonchev–Trinajstić information content (AvgIpc) is 3.09. The fourth-order valence-electron chi connectivity index (χ4n) is 2.73. The van der Waals surface area contributed by atoms with Crippen molar-refractivity contribution in [3.05, 3.63) is 78.0 Å². The number of thioether (sulfide) groups is 1. The summed E-state index contributed by atoms with van der Waals surface area (Å²) in [6.45, 7) is 7.92. The molecule has 0 unspecified atom stereocenters. The number of carbonyl (C=O) groups is 1. The number of hydrogen-bond donors (Lipinski definition) is 1. The van der Waals surface area contributed by atoms with Crippen molar-refractivity contribution < 1.29 is 14.6 Å². The van der Waals surface area contributed by atoms with Crippen molar-refractivity contribution in [2.45, 2.75) is 31.0 Å². The second-order valence-electron chi connectivity index (χ2n) is 6.29. The topological polar surface area (TPSA) is 64.4 Å². The second-order valence-corrected chi connectivity index (χ2v) is 7.59. The first-order valence-corrected chi connectivity index (χ1v) is 10.8. The van der Waals surface area contributed by atoms with Gasteiger partial charge in [0.1, 0.15) is 5.75 Å². The molecule has 0 atom stereocenters. The highest BCUT2D eigenvalue weighted by atomic mass is 35.5. The van der Waals surface area contributed by atoms with Crippen molar-refractivity contribution >= 4 is 40.2 Å². The summed E-state index contributed by atoms with van der Waals surface area (Å²) in [6.07, 6.45) is 3.61. The fourth-order valence-corrected chi connectivity index (χ4v) is 3.67. The number of aliphatic carboxylic acids is 1. The van der Waals surface area contributed by atoms with Crippen LogP contribution < -0.4 is 4.74 Å². The number of carboxylic acids is 1. The minimum Gasteiger partial charge on any atom is -0.482 e. The van der Waals surface area contributed by atoms with E-state index in [0.717, 1.165) is 32.8 Å². The van der Waals surface area contributed by atoms with Crippen LogP contribution in [0.5, 0.6) is 5.75 Å². The summed E-state index contributed by atoms with van der Waals surface area (Å²) in [5, 5.41) is 14.6. The number of aromatic nitrogens is 2. The van der Waals surface area contributed by atoms with Gasteiger partial charge in [0.15, 0.2) is 6.61 Å². The van der Waals surface area contributed by atoms with Gasteiger partial charge in [-0.3, -0.25) is 4.68 Å². The van der Waals surface area contributed by atoms with Gasteiger partial charge in [-0.2, -0.15) is 5.10 Å². The molecule has 30 heavy (non-hydrogen) atoms. The lowest BCUT2D eigenvalue weighted by Crippen LogP contribution is -2.09. The Morgan fingerprint density at radius 2 is 2.07 bits per heavy atom. The highest BCUT2D eigenvalue weighted by molar-refractivity contribution is 7.98. The molecule has 3 aromatic rings. The van der Waals surface area contributed by atoms with Crippen LogP contribution in [0, 0.1) is 6.92 Å². The van der Waals surface area contributed by atoms with E-state index < -0.39 is 5.97 Å². The molecule has 1 aromatic heterocycles. The van der Waals surface area contributed by atoms with Crippen LogP contribution in [0.15, 0.2) is 71.6 Å². The van der Waals surface area contributed by atoms with E-state index in [9.17, 15) is 4.79 Å². The molecule has 3 rings (SSSR count). The summed E-state index contributed by atoms with van der Waals surface area (Å²) >= 11 is 6.70. The molecule has 0 aliphatic carbocycles. The van der Waals surface area contributed by atoms with Gasteiger partial charge in [-0.1, -0.05) is 42.0 Å². The third-order valence-corrected chi connectivity index (χ3v) is 5.29. The zero-order chi connectivity index (χ0) is 21.9. The van der Waals surface area contributed by atoms with E-state index in [0.29, 0.717) is 12.3 Å². The molecule has 5 nitrogen and oxygen atoms in total. The Bertz CT molecular complexity index is 1030. The van der Waals surface area contributed by atoms with Gasteiger partial charge in [-0.25, -0.2) is 4.79 Å². The Morgan fingerprint density at radius 1 is 1.33 bits per heavy atom. The van der Waals surface area contributed by atoms with Crippen LogP contribution in [0.3, 0.4) is 0 Å². The fraction of sp³-hybridized carbons (Fsp3) is 0.217. The minimum absolute atomic E-state index is 0.333. The maximum Gasteiger partial charge on any atom is 0.341 e. The molecular formula is C23H25ClN2O3S. The van der Waals surface area contributed by atoms with Crippen LogP contribution in [-0.2, 0) is 17.1 Å². The number of aryl methyl sites for hydroxylation is 1. The van der Waals surface area contributed by atoms with E-state index >= 15 is 0 Å². The molecule has 1 N–H and O–H groups in total. The monoisotopic (exact) mass is 444 g/mol. The number of hydrogen-bond acceptors (Lipinski definition) is 4. The molecule has 0 aliphatic heterocycles. The summed E-state index contributed by atoms with van der Waals surface area (Å²) in [6, 6.07) is 14.0. The highest BCUT2D eigenvalue weighted by Crippen LogP contribution is 2.30. The van der Waals surface area contributed by atoms with E-state index in [4.69, 9.17) is 26.5 Å². The van der Waals surface area contributed by atoms with Crippen molar-refractivity contribution in [2.75, 3.05) is 6.61 Å². The number of rotatable bonds is 8. The van der Waals surface area contributed by atoms with Crippen molar-refractivity contribution in [3.8, 4) is 5.75 Å². The summed E-state index contributed by atoms with van der Waals surface area (Å²) in [5.74, 6) is 0.363. The largest absolute Gasteiger partial charge is 0.482 e. The normalized spacial score (nSPS) is 10.6. The molecule has 0 saturated heterocycles. The smallest absolute Gasteiger partial charge is 0.341 e. The SMILES string of the molecule is C/C=C/Cl.C=CCn1nc(CSc2ccc(OCC(=O)O)c(C)c2)c2ccccc21. The van der Waals surface area contributed by atoms with Gasteiger partial charge in [0, 0.05) is 16.0 Å². The lowest BCUT2D eigenvalue weighted by atomic mass is 10.2. The standard InChI is InChI=1S/C20H20N2O3S.C3H5Cl/c1-3-10-22-18-7-5-4-6-16(18)17(21-22)13-26-15-8-9-19(14(2)11-15)25-12-20(23)24;1-2-3-4/h3-9,11H,1,10,12-13H2,2H3,(H,23,24);2-3H,1H3/b;3-2+. The molecule has 0 bridgehead atoms. The van der Waals surface area contributed by atoms with Gasteiger partial charge in [0.25, 0.3) is 0 Å². The predicted octanol–water partition coefficient (Wildman–Crippen LogP) is 6.05. The average molecular weight is 445 g/mol. The van der Waals surface area contributed by atoms with E-state index in [2.05, 4.69) is 18.7 Å². The van der Waals surface area contributed by atoms with Gasteiger partial charge < -0.3 is 9.84 Å². The Labute approximate surface area is 186 Å². The molecule has 1 heterocycles. The molecule has 0 fully saturated rings.